The van der Waals surface area contributed by atoms with Gasteiger partial charge in [0, 0.05) is 17.0 Å². The summed E-state index contributed by atoms with van der Waals surface area (Å²) in [4.78, 5) is 13.4. The van der Waals surface area contributed by atoms with Crippen molar-refractivity contribution < 1.29 is 0 Å². The summed E-state index contributed by atoms with van der Waals surface area (Å²) in [6.45, 7) is 7.44. The predicted molar refractivity (Wildman–Crippen MR) is 205 cm³/mol. The van der Waals surface area contributed by atoms with Crippen molar-refractivity contribution in [3.05, 3.63) is 175 Å². The van der Waals surface area contributed by atoms with Crippen molar-refractivity contribution in [3.8, 4) is 50.6 Å². The first-order valence-electron chi connectivity index (χ1n) is 16.4. The molecule has 0 bridgehead atoms. The second kappa shape index (κ2) is 11.8. The standard InChI is InChI=1S/C46H26N4/c1-48-37-20-23-44-35(26-37)25-36-27-43(42-7-4-24-49-46(42)45(36)50-44)34-18-16-33(17-19-34)39-22-21-38(40-5-2-3-6-41(39)40)32-14-12-31(13-15-32)30-10-8-29(28-47)9-11-30/h2-27H. The van der Waals surface area contributed by atoms with Crippen LogP contribution < -0.4 is 0 Å². The molecule has 0 aliphatic heterocycles. The van der Waals surface area contributed by atoms with Gasteiger partial charge in [-0.1, -0.05) is 109 Å². The zero-order valence-corrected chi connectivity index (χ0v) is 26.8. The van der Waals surface area contributed by atoms with Gasteiger partial charge in [0.2, 0.25) is 0 Å². The molecule has 0 fully saturated rings. The lowest BCUT2D eigenvalue weighted by molar-refractivity contribution is 1.40. The average molecular weight is 635 g/mol. The quantitative estimate of drug-likeness (QED) is 0.110. The number of aromatic nitrogens is 2. The van der Waals surface area contributed by atoms with Crippen LogP contribution in [0.3, 0.4) is 0 Å². The van der Waals surface area contributed by atoms with Gasteiger partial charge in [-0.15, -0.1) is 0 Å². The fourth-order valence-electron chi connectivity index (χ4n) is 7.04. The van der Waals surface area contributed by atoms with E-state index in [1.165, 1.54) is 21.9 Å². The number of fused-ring (bicyclic) bond motifs is 5. The smallest absolute Gasteiger partial charge is 0.187 e. The Bertz CT molecular complexity index is 2860. The molecule has 9 aromatic rings. The fraction of sp³-hybridized carbons (Fsp3) is 0. The van der Waals surface area contributed by atoms with E-state index in [0.717, 1.165) is 66.1 Å². The molecular weight excluding hydrogens is 609 g/mol. The van der Waals surface area contributed by atoms with E-state index >= 15 is 0 Å². The van der Waals surface area contributed by atoms with Crippen molar-refractivity contribution in [1.82, 2.24) is 9.97 Å². The number of nitrogens with zero attached hydrogens (tertiary/aromatic N) is 4. The summed E-state index contributed by atoms with van der Waals surface area (Å²) in [5, 5.41) is 14.5. The number of benzene rings is 7. The third kappa shape index (κ3) is 4.92. The predicted octanol–water partition coefficient (Wildman–Crippen LogP) is 12.2. The minimum atomic E-state index is 0.603. The number of hydrogen-bond acceptors (Lipinski definition) is 3. The van der Waals surface area contributed by atoms with E-state index in [1.54, 1.807) is 0 Å². The summed E-state index contributed by atoms with van der Waals surface area (Å²) in [7, 11) is 0. The molecule has 0 aliphatic rings. The van der Waals surface area contributed by atoms with Crippen LogP contribution in [-0.2, 0) is 0 Å². The van der Waals surface area contributed by atoms with Crippen molar-refractivity contribution in [2.24, 2.45) is 0 Å². The highest BCUT2D eigenvalue weighted by Crippen LogP contribution is 2.39. The highest BCUT2D eigenvalue weighted by Gasteiger charge is 2.14. The Hall–Kier alpha value is -7.14. The maximum atomic E-state index is 9.15. The molecule has 0 saturated carbocycles. The van der Waals surface area contributed by atoms with Crippen LogP contribution >= 0.6 is 0 Å². The second-order valence-corrected chi connectivity index (χ2v) is 12.4. The number of nitriles is 1. The number of rotatable bonds is 4. The lowest BCUT2D eigenvalue weighted by Gasteiger charge is -2.14. The average Bonchev–Trinajstić information content (AvgIpc) is 3.19. The van der Waals surface area contributed by atoms with Gasteiger partial charge in [-0.2, -0.15) is 5.26 Å². The maximum Gasteiger partial charge on any atom is 0.187 e. The van der Waals surface area contributed by atoms with Gasteiger partial charge in [-0.3, -0.25) is 4.98 Å². The molecule has 0 atom stereocenters. The molecule has 2 heterocycles. The molecule has 0 aliphatic carbocycles. The maximum absolute atomic E-state index is 9.15. The normalized spacial score (nSPS) is 11.2. The highest BCUT2D eigenvalue weighted by atomic mass is 14.7. The Balaban J connectivity index is 1.10. The van der Waals surface area contributed by atoms with Gasteiger partial charge in [-0.05, 0) is 103 Å². The van der Waals surface area contributed by atoms with E-state index < -0.39 is 0 Å². The van der Waals surface area contributed by atoms with Crippen molar-refractivity contribution >= 4 is 49.2 Å². The lowest BCUT2D eigenvalue weighted by atomic mass is 9.90. The minimum absolute atomic E-state index is 0.603. The molecule has 0 spiro atoms. The van der Waals surface area contributed by atoms with E-state index in [4.69, 9.17) is 21.8 Å². The fourth-order valence-corrected chi connectivity index (χ4v) is 7.04. The zero-order valence-electron chi connectivity index (χ0n) is 26.8. The molecule has 0 saturated heterocycles. The van der Waals surface area contributed by atoms with Gasteiger partial charge in [0.15, 0.2) is 5.69 Å². The summed E-state index contributed by atoms with van der Waals surface area (Å²) < 4.78 is 0. The Kier molecular flexibility index (Phi) is 6.87. The van der Waals surface area contributed by atoms with Crippen LogP contribution in [0.15, 0.2) is 158 Å². The first kappa shape index (κ1) is 29.0. The van der Waals surface area contributed by atoms with E-state index in [2.05, 4.69) is 114 Å². The van der Waals surface area contributed by atoms with Crippen LogP contribution in [-0.4, -0.2) is 9.97 Å². The highest BCUT2D eigenvalue weighted by molar-refractivity contribution is 6.13. The van der Waals surface area contributed by atoms with Gasteiger partial charge < -0.3 is 0 Å². The van der Waals surface area contributed by atoms with Crippen LogP contribution in [0.25, 0.3) is 92.8 Å². The molecule has 230 valence electrons. The molecule has 0 amide bonds. The van der Waals surface area contributed by atoms with E-state index in [1.807, 2.05) is 54.7 Å². The molecule has 0 radical (unpaired) electrons. The van der Waals surface area contributed by atoms with Crippen molar-refractivity contribution in [1.29, 1.82) is 5.26 Å². The Morgan fingerprint density at radius 3 is 1.70 bits per heavy atom. The van der Waals surface area contributed by atoms with E-state index in [9.17, 15) is 0 Å². The van der Waals surface area contributed by atoms with Crippen LogP contribution in [0.5, 0.6) is 0 Å². The van der Waals surface area contributed by atoms with Gasteiger partial charge in [0.25, 0.3) is 0 Å². The molecular formula is C46H26N4. The summed E-state index contributed by atoms with van der Waals surface area (Å²) in [6, 6.07) is 54.4. The summed E-state index contributed by atoms with van der Waals surface area (Å²) in [6.07, 6.45) is 1.82. The minimum Gasteiger partial charge on any atom is -0.254 e. The number of pyridine rings is 2. The summed E-state index contributed by atoms with van der Waals surface area (Å²) >= 11 is 0. The van der Waals surface area contributed by atoms with Gasteiger partial charge >= 0.3 is 0 Å². The third-order valence-corrected chi connectivity index (χ3v) is 9.55. The largest absolute Gasteiger partial charge is 0.254 e. The topological polar surface area (TPSA) is 53.9 Å². The zero-order chi connectivity index (χ0) is 33.6. The Morgan fingerprint density at radius 1 is 0.500 bits per heavy atom. The number of hydrogen-bond donors (Lipinski definition) is 0. The van der Waals surface area contributed by atoms with Crippen molar-refractivity contribution in [2.45, 2.75) is 0 Å². The molecule has 7 aromatic carbocycles. The van der Waals surface area contributed by atoms with Gasteiger partial charge in [-0.25, -0.2) is 9.83 Å². The van der Waals surface area contributed by atoms with Crippen LogP contribution in [0.2, 0.25) is 0 Å². The van der Waals surface area contributed by atoms with Gasteiger partial charge in [0.05, 0.1) is 34.8 Å². The molecule has 9 rings (SSSR count). The molecule has 50 heavy (non-hydrogen) atoms. The summed E-state index contributed by atoms with van der Waals surface area (Å²) in [5.74, 6) is 0. The monoisotopic (exact) mass is 634 g/mol. The van der Waals surface area contributed by atoms with E-state index in [0.29, 0.717) is 11.3 Å². The Morgan fingerprint density at radius 2 is 1.08 bits per heavy atom. The molecule has 4 nitrogen and oxygen atoms in total. The van der Waals surface area contributed by atoms with Crippen LogP contribution in [0.4, 0.5) is 5.69 Å². The first-order valence-corrected chi connectivity index (χ1v) is 16.4. The molecule has 0 unspecified atom stereocenters. The second-order valence-electron chi connectivity index (χ2n) is 12.4. The molecule has 2 aromatic heterocycles. The van der Waals surface area contributed by atoms with Crippen LogP contribution in [0, 0.1) is 17.9 Å². The SMILES string of the molecule is [C-]#[N+]c1ccc2nc3c(cc(-c4ccc(-c5ccc(-c6ccc(-c7ccc(C#N)cc7)cc6)c6ccccc56)cc4)c4cccnc43)cc2c1. The molecule has 4 heteroatoms. The first-order chi connectivity index (χ1) is 24.7. The Labute approximate surface area is 289 Å². The van der Waals surface area contributed by atoms with E-state index in [-0.39, 0.29) is 0 Å². The lowest BCUT2D eigenvalue weighted by Crippen LogP contribution is -1.91. The molecule has 0 N–H and O–H groups in total. The summed E-state index contributed by atoms with van der Waals surface area (Å²) in [5.41, 5.74) is 12.9. The van der Waals surface area contributed by atoms with Crippen LogP contribution in [0.1, 0.15) is 5.56 Å². The van der Waals surface area contributed by atoms with Crippen molar-refractivity contribution in [2.75, 3.05) is 0 Å². The van der Waals surface area contributed by atoms with Gasteiger partial charge in [0.1, 0.15) is 0 Å². The van der Waals surface area contributed by atoms with Crippen molar-refractivity contribution in [3.63, 3.8) is 0 Å². The third-order valence-electron chi connectivity index (χ3n) is 9.55.